The second-order valence-corrected chi connectivity index (χ2v) is 5.36. The highest BCUT2D eigenvalue weighted by Crippen LogP contribution is 2.25. The Bertz CT molecular complexity index is 345. The average molecular weight is 254 g/mol. The molecular weight excluding hydrogens is 236 g/mol. The van der Waals surface area contributed by atoms with Gasteiger partial charge in [-0.1, -0.05) is 0 Å². The summed E-state index contributed by atoms with van der Waals surface area (Å²) in [5.74, 6) is 0.0567. The Morgan fingerprint density at radius 1 is 1.53 bits per heavy atom. The molecule has 0 aliphatic heterocycles. The summed E-state index contributed by atoms with van der Waals surface area (Å²) in [5, 5.41) is 6.61. The summed E-state index contributed by atoms with van der Waals surface area (Å²) in [7, 11) is 1.47. The van der Waals surface area contributed by atoms with Crippen LogP contribution in [0.3, 0.4) is 0 Å². The van der Waals surface area contributed by atoms with Crippen molar-refractivity contribution in [3.8, 4) is 0 Å². The first kappa shape index (κ1) is 12.5. The summed E-state index contributed by atoms with van der Waals surface area (Å²) in [5.41, 5.74) is 0. The van der Waals surface area contributed by atoms with Crippen LogP contribution < -0.4 is 5.32 Å². The minimum absolute atomic E-state index is 0.0524. The molecule has 0 unspecified atom stereocenters. The van der Waals surface area contributed by atoms with Crippen LogP contribution in [0.25, 0.3) is 0 Å². The second kappa shape index (κ2) is 6.12. The van der Waals surface area contributed by atoms with Gasteiger partial charge in [-0.05, 0) is 25.7 Å². The van der Waals surface area contributed by atoms with E-state index in [4.69, 9.17) is 4.74 Å². The Hall–Kier alpha value is -0.940. The molecule has 0 bridgehead atoms. The van der Waals surface area contributed by atoms with Crippen molar-refractivity contribution in [1.29, 1.82) is 0 Å². The molecule has 1 fully saturated rings. The standard InChI is InChI=1S/C12H18N2O2S/c1-16-12(15)9-2-4-10(5-3-9)14-8-11-13-6-7-17-11/h6-7,9-10,14H,2-5,8H2,1H3. The van der Waals surface area contributed by atoms with Crippen molar-refractivity contribution in [2.45, 2.75) is 38.3 Å². The summed E-state index contributed by atoms with van der Waals surface area (Å²) < 4.78 is 4.78. The number of carbonyl (C=O) groups excluding carboxylic acids is 1. The monoisotopic (exact) mass is 254 g/mol. The van der Waals surface area contributed by atoms with E-state index in [2.05, 4.69) is 10.3 Å². The normalized spacial score (nSPS) is 24.5. The Kier molecular flexibility index (Phi) is 4.50. The number of nitrogens with one attached hydrogen (secondary N) is 1. The van der Waals surface area contributed by atoms with Crippen LogP contribution in [0.1, 0.15) is 30.7 Å². The van der Waals surface area contributed by atoms with E-state index in [9.17, 15) is 4.79 Å². The molecular formula is C12H18N2O2S. The lowest BCUT2D eigenvalue weighted by Gasteiger charge is -2.27. The highest BCUT2D eigenvalue weighted by molar-refractivity contribution is 7.09. The van der Waals surface area contributed by atoms with Crippen molar-refractivity contribution in [1.82, 2.24) is 10.3 Å². The third-order valence-corrected chi connectivity index (χ3v) is 4.07. The van der Waals surface area contributed by atoms with Crippen LogP contribution >= 0.6 is 11.3 Å². The van der Waals surface area contributed by atoms with Crippen LogP contribution in [0.15, 0.2) is 11.6 Å². The van der Waals surface area contributed by atoms with E-state index in [-0.39, 0.29) is 11.9 Å². The molecule has 1 saturated carbocycles. The number of hydrogen-bond acceptors (Lipinski definition) is 5. The smallest absolute Gasteiger partial charge is 0.308 e. The molecule has 0 atom stereocenters. The first-order chi connectivity index (χ1) is 8.29. The molecule has 1 aliphatic rings. The Labute approximate surface area is 105 Å². The largest absolute Gasteiger partial charge is 0.469 e. The van der Waals surface area contributed by atoms with Gasteiger partial charge in [-0.2, -0.15) is 0 Å². The summed E-state index contributed by atoms with van der Waals surface area (Å²) >= 11 is 1.67. The fourth-order valence-corrected chi connectivity index (χ4v) is 2.84. The number of hydrogen-bond donors (Lipinski definition) is 1. The van der Waals surface area contributed by atoms with Crippen molar-refractivity contribution in [3.63, 3.8) is 0 Å². The molecule has 1 aromatic heterocycles. The Balaban J connectivity index is 1.70. The van der Waals surface area contributed by atoms with Gasteiger partial charge in [0.1, 0.15) is 5.01 Å². The van der Waals surface area contributed by atoms with Crippen LogP contribution in [0.2, 0.25) is 0 Å². The van der Waals surface area contributed by atoms with Gasteiger partial charge in [-0.15, -0.1) is 11.3 Å². The molecule has 0 amide bonds. The van der Waals surface area contributed by atoms with E-state index in [0.29, 0.717) is 6.04 Å². The predicted octanol–water partition coefficient (Wildman–Crippen LogP) is 1.96. The average Bonchev–Trinajstić information content (AvgIpc) is 2.89. The molecule has 94 valence electrons. The van der Waals surface area contributed by atoms with Gasteiger partial charge in [0.15, 0.2) is 0 Å². The molecule has 2 rings (SSSR count). The van der Waals surface area contributed by atoms with Crippen molar-refractivity contribution in [2.75, 3.05) is 7.11 Å². The summed E-state index contributed by atoms with van der Waals surface area (Å²) in [6, 6.07) is 0.514. The van der Waals surface area contributed by atoms with Crippen LogP contribution in [0.5, 0.6) is 0 Å². The zero-order valence-corrected chi connectivity index (χ0v) is 10.8. The van der Waals surface area contributed by atoms with Gasteiger partial charge in [-0.25, -0.2) is 4.98 Å². The van der Waals surface area contributed by atoms with Gasteiger partial charge < -0.3 is 10.1 Å². The molecule has 0 radical (unpaired) electrons. The molecule has 0 spiro atoms. The van der Waals surface area contributed by atoms with Gasteiger partial charge in [0.05, 0.1) is 13.0 Å². The third-order valence-electron chi connectivity index (χ3n) is 3.29. The van der Waals surface area contributed by atoms with Crippen LogP contribution in [0.4, 0.5) is 0 Å². The highest BCUT2D eigenvalue weighted by Gasteiger charge is 2.26. The first-order valence-corrected chi connectivity index (χ1v) is 6.87. The quantitative estimate of drug-likeness (QED) is 0.835. The second-order valence-electron chi connectivity index (χ2n) is 4.38. The molecule has 0 saturated heterocycles. The van der Waals surface area contributed by atoms with Crippen molar-refractivity contribution < 1.29 is 9.53 Å². The predicted molar refractivity (Wildman–Crippen MR) is 66.7 cm³/mol. The van der Waals surface area contributed by atoms with Crippen molar-refractivity contribution >= 4 is 17.3 Å². The number of esters is 1. The maximum absolute atomic E-state index is 11.4. The van der Waals surface area contributed by atoms with E-state index >= 15 is 0 Å². The minimum atomic E-state index is -0.0524. The van der Waals surface area contributed by atoms with E-state index in [1.807, 2.05) is 11.6 Å². The minimum Gasteiger partial charge on any atom is -0.469 e. The number of thiazole rings is 1. The number of rotatable bonds is 4. The van der Waals surface area contributed by atoms with Gasteiger partial charge >= 0.3 is 5.97 Å². The lowest BCUT2D eigenvalue weighted by molar-refractivity contribution is -0.146. The number of methoxy groups -OCH3 is 1. The van der Waals surface area contributed by atoms with Crippen LogP contribution in [0, 0.1) is 5.92 Å². The van der Waals surface area contributed by atoms with Gasteiger partial charge in [-0.3, -0.25) is 4.79 Å². The SMILES string of the molecule is COC(=O)C1CCC(NCc2nccs2)CC1. The number of aromatic nitrogens is 1. The van der Waals surface area contributed by atoms with Crippen LogP contribution in [-0.2, 0) is 16.1 Å². The van der Waals surface area contributed by atoms with Gasteiger partial charge in [0, 0.05) is 24.2 Å². The van der Waals surface area contributed by atoms with E-state index < -0.39 is 0 Å². The topological polar surface area (TPSA) is 51.2 Å². The van der Waals surface area contributed by atoms with E-state index in [1.54, 1.807) is 11.3 Å². The molecule has 5 heteroatoms. The number of ether oxygens (including phenoxy) is 1. The van der Waals surface area contributed by atoms with Crippen molar-refractivity contribution in [3.05, 3.63) is 16.6 Å². The molecule has 1 aromatic rings. The fourth-order valence-electron chi connectivity index (χ4n) is 2.27. The maximum atomic E-state index is 11.4. The Morgan fingerprint density at radius 3 is 2.88 bits per heavy atom. The number of nitrogens with zero attached hydrogens (tertiary/aromatic N) is 1. The van der Waals surface area contributed by atoms with E-state index in [1.165, 1.54) is 7.11 Å². The molecule has 4 nitrogen and oxygen atoms in total. The fraction of sp³-hybridized carbons (Fsp3) is 0.667. The van der Waals surface area contributed by atoms with Crippen LogP contribution in [-0.4, -0.2) is 24.1 Å². The molecule has 1 aliphatic carbocycles. The Morgan fingerprint density at radius 2 is 2.29 bits per heavy atom. The highest BCUT2D eigenvalue weighted by atomic mass is 32.1. The summed E-state index contributed by atoms with van der Waals surface area (Å²) in [6.07, 6.45) is 5.79. The lowest BCUT2D eigenvalue weighted by Crippen LogP contribution is -2.34. The summed E-state index contributed by atoms with van der Waals surface area (Å²) in [4.78, 5) is 15.6. The third kappa shape index (κ3) is 3.51. The zero-order valence-electron chi connectivity index (χ0n) is 10.0. The van der Waals surface area contributed by atoms with Crippen molar-refractivity contribution in [2.24, 2.45) is 5.92 Å². The van der Waals surface area contributed by atoms with Gasteiger partial charge in [0.2, 0.25) is 0 Å². The van der Waals surface area contributed by atoms with E-state index in [0.717, 1.165) is 37.2 Å². The zero-order chi connectivity index (χ0) is 12.1. The summed E-state index contributed by atoms with van der Waals surface area (Å²) in [6.45, 7) is 0.839. The first-order valence-electron chi connectivity index (χ1n) is 5.99. The maximum Gasteiger partial charge on any atom is 0.308 e. The molecule has 17 heavy (non-hydrogen) atoms. The number of carbonyl (C=O) groups is 1. The lowest BCUT2D eigenvalue weighted by atomic mass is 9.86. The molecule has 1 N–H and O–H groups in total. The molecule has 0 aromatic carbocycles. The molecule has 1 heterocycles. The van der Waals surface area contributed by atoms with Gasteiger partial charge in [0.25, 0.3) is 0 Å².